The highest BCUT2D eigenvalue weighted by Gasteiger charge is 2.34. The summed E-state index contributed by atoms with van der Waals surface area (Å²) in [5.41, 5.74) is 1.96. The minimum Gasteiger partial charge on any atom is -0.485 e. The van der Waals surface area contributed by atoms with Crippen LogP contribution in [0, 0.1) is 5.41 Å². The summed E-state index contributed by atoms with van der Waals surface area (Å²) in [5.74, 6) is 0. The summed E-state index contributed by atoms with van der Waals surface area (Å²) >= 11 is 7.46. The molecule has 260 valence electrons. The van der Waals surface area contributed by atoms with Crippen molar-refractivity contribution in [2.24, 2.45) is 5.41 Å². The number of benzene rings is 4. The first-order valence-corrected chi connectivity index (χ1v) is 18.2. The van der Waals surface area contributed by atoms with Gasteiger partial charge in [0.1, 0.15) is 6.61 Å². The lowest BCUT2D eigenvalue weighted by molar-refractivity contribution is -0.137. The van der Waals surface area contributed by atoms with Gasteiger partial charge in [-0.05, 0) is 92.4 Å². The fraction of sp³-hybridized carbons (Fsp3) is 0.410. The molecule has 1 atom stereocenters. The SMILES string of the molecule is CN(C)CC(C)(Cc1ccc2ccccc2c1)C(=S)OCCN1CCN(CCCN2c3ccccc3Sc3ccc(C(F)(F)F)cc32)CC1. The molecule has 0 aliphatic carbocycles. The Balaban J connectivity index is 0.980. The lowest BCUT2D eigenvalue weighted by Gasteiger charge is -2.37. The maximum absolute atomic E-state index is 13.6. The molecule has 49 heavy (non-hydrogen) atoms. The third-order valence-corrected chi connectivity index (χ3v) is 11.2. The standard InChI is InChI=1S/C39H45F3N4OS2/c1-38(28-43(2)3,27-29-13-14-30-9-4-5-10-31(30)25-29)37(48)47-24-23-45-21-19-44(20-22-45)17-8-18-46-33-11-6-7-12-35(33)49-36-16-15-32(26-34(36)46)39(40,41)42/h4-7,9-16,25-26H,8,17-24,27-28H2,1-3H3. The van der Waals surface area contributed by atoms with E-state index in [2.05, 4.69) is 83.1 Å². The van der Waals surface area contributed by atoms with Gasteiger partial charge in [-0.3, -0.25) is 4.90 Å². The Kier molecular flexibility index (Phi) is 11.2. The molecule has 0 spiro atoms. The molecule has 0 amide bonds. The van der Waals surface area contributed by atoms with Crippen molar-refractivity contribution in [1.82, 2.24) is 14.7 Å². The summed E-state index contributed by atoms with van der Waals surface area (Å²) in [5, 5.41) is 3.13. The van der Waals surface area contributed by atoms with Crippen molar-refractivity contribution in [3.63, 3.8) is 0 Å². The zero-order chi connectivity index (χ0) is 34.6. The van der Waals surface area contributed by atoms with Crippen LogP contribution in [0.1, 0.15) is 24.5 Å². The molecule has 1 unspecified atom stereocenters. The summed E-state index contributed by atoms with van der Waals surface area (Å²) in [4.78, 5) is 11.1. The van der Waals surface area contributed by atoms with E-state index in [0.29, 0.717) is 23.9 Å². The van der Waals surface area contributed by atoms with Crippen LogP contribution in [0.25, 0.3) is 10.8 Å². The molecule has 0 aromatic heterocycles. The van der Waals surface area contributed by atoms with Crippen LogP contribution in [-0.2, 0) is 17.3 Å². The van der Waals surface area contributed by atoms with Gasteiger partial charge < -0.3 is 19.4 Å². The summed E-state index contributed by atoms with van der Waals surface area (Å²) < 4.78 is 47.1. The quantitative estimate of drug-likeness (QED) is 0.136. The Morgan fingerprint density at radius 2 is 1.47 bits per heavy atom. The summed E-state index contributed by atoms with van der Waals surface area (Å²) in [6, 6.07) is 27.1. The van der Waals surface area contributed by atoms with Gasteiger partial charge in [-0.1, -0.05) is 73.3 Å². The highest BCUT2D eigenvalue weighted by Crippen LogP contribution is 2.49. The van der Waals surface area contributed by atoms with Crippen molar-refractivity contribution in [2.75, 3.05) is 78.0 Å². The van der Waals surface area contributed by atoms with Crippen molar-refractivity contribution in [3.8, 4) is 0 Å². The molecule has 5 nitrogen and oxygen atoms in total. The van der Waals surface area contributed by atoms with Gasteiger partial charge in [0.05, 0.1) is 22.4 Å². The number of ether oxygens (including phenoxy) is 1. The second-order valence-electron chi connectivity index (χ2n) is 13.7. The third kappa shape index (κ3) is 8.78. The number of rotatable bonds is 12. The molecule has 2 aliphatic heterocycles. The number of nitrogens with zero attached hydrogens (tertiary/aromatic N) is 4. The molecule has 6 rings (SSSR count). The first-order chi connectivity index (χ1) is 23.5. The normalized spacial score (nSPS) is 16.8. The van der Waals surface area contributed by atoms with E-state index in [0.717, 1.165) is 74.1 Å². The van der Waals surface area contributed by atoms with E-state index in [1.807, 2.05) is 24.3 Å². The van der Waals surface area contributed by atoms with Crippen LogP contribution in [0.2, 0.25) is 0 Å². The number of alkyl halides is 3. The van der Waals surface area contributed by atoms with Crippen molar-refractivity contribution in [3.05, 3.63) is 96.1 Å². The molecule has 0 bridgehead atoms. The van der Waals surface area contributed by atoms with Crippen molar-refractivity contribution < 1.29 is 17.9 Å². The Bertz CT molecular complexity index is 1760. The Morgan fingerprint density at radius 3 is 2.20 bits per heavy atom. The minimum atomic E-state index is -4.37. The van der Waals surface area contributed by atoms with E-state index in [1.54, 1.807) is 6.07 Å². The highest BCUT2D eigenvalue weighted by atomic mass is 32.2. The van der Waals surface area contributed by atoms with Crippen molar-refractivity contribution in [2.45, 2.75) is 35.7 Å². The topological polar surface area (TPSA) is 22.2 Å². The summed E-state index contributed by atoms with van der Waals surface area (Å²) in [6.45, 7) is 9.74. The molecule has 2 aliphatic rings. The molecule has 10 heteroatoms. The van der Waals surface area contributed by atoms with Gasteiger partial charge in [0, 0.05) is 55.6 Å². The van der Waals surface area contributed by atoms with Crippen LogP contribution < -0.4 is 4.90 Å². The predicted octanol–water partition coefficient (Wildman–Crippen LogP) is 8.62. The number of para-hydroxylation sites is 1. The molecule has 1 fully saturated rings. The molecular weight excluding hydrogens is 662 g/mol. The smallest absolute Gasteiger partial charge is 0.416 e. The first kappa shape index (κ1) is 35.7. The van der Waals surface area contributed by atoms with Crippen molar-refractivity contribution >= 4 is 51.2 Å². The van der Waals surface area contributed by atoms with Gasteiger partial charge in [0.15, 0.2) is 5.05 Å². The van der Waals surface area contributed by atoms with E-state index in [1.165, 1.54) is 40.2 Å². The van der Waals surface area contributed by atoms with Gasteiger partial charge in [0.25, 0.3) is 0 Å². The molecule has 0 radical (unpaired) electrons. The van der Waals surface area contributed by atoms with Crippen LogP contribution in [0.4, 0.5) is 24.5 Å². The lowest BCUT2D eigenvalue weighted by atomic mass is 9.83. The Morgan fingerprint density at radius 1 is 0.796 bits per heavy atom. The molecule has 2 heterocycles. The van der Waals surface area contributed by atoms with Gasteiger partial charge in [-0.2, -0.15) is 13.2 Å². The second kappa shape index (κ2) is 15.4. The maximum atomic E-state index is 13.6. The molecular formula is C39H45F3N4OS2. The van der Waals surface area contributed by atoms with Gasteiger partial charge in [0.2, 0.25) is 0 Å². The summed E-state index contributed by atoms with van der Waals surface area (Å²) in [6.07, 6.45) is -2.71. The number of thiocarbonyl (C=S) groups is 1. The zero-order valence-corrected chi connectivity index (χ0v) is 30.1. The average Bonchev–Trinajstić information content (AvgIpc) is 3.07. The van der Waals surface area contributed by atoms with Crippen molar-refractivity contribution in [1.29, 1.82) is 0 Å². The first-order valence-electron chi connectivity index (χ1n) is 17.0. The van der Waals surface area contributed by atoms with E-state index in [4.69, 9.17) is 17.0 Å². The van der Waals surface area contributed by atoms with Crippen LogP contribution in [0.5, 0.6) is 0 Å². The Labute approximate surface area is 298 Å². The maximum Gasteiger partial charge on any atom is 0.416 e. The number of halogens is 3. The van der Waals surface area contributed by atoms with Crippen LogP contribution in [0.3, 0.4) is 0 Å². The van der Waals surface area contributed by atoms with Crippen LogP contribution >= 0.6 is 24.0 Å². The molecule has 4 aromatic carbocycles. The van der Waals surface area contributed by atoms with E-state index in [9.17, 15) is 13.2 Å². The van der Waals surface area contributed by atoms with Gasteiger partial charge in [-0.25, -0.2) is 0 Å². The fourth-order valence-corrected chi connectivity index (χ4v) is 8.36. The largest absolute Gasteiger partial charge is 0.485 e. The number of anilines is 2. The van der Waals surface area contributed by atoms with Gasteiger partial charge >= 0.3 is 6.18 Å². The van der Waals surface area contributed by atoms with E-state index in [-0.39, 0.29) is 5.41 Å². The minimum absolute atomic E-state index is 0.303. The van der Waals surface area contributed by atoms with E-state index >= 15 is 0 Å². The molecule has 4 aromatic rings. The number of hydrogen-bond acceptors (Lipinski definition) is 7. The lowest BCUT2D eigenvalue weighted by Crippen LogP contribution is -2.48. The monoisotopic (exact) mass is 706 g/mol. The predicted molar refractivity (Wildman–Crippen MR) is 199 cm³/mol. The van der Waals surface area contributed by atoms with Crippen LogP contribution in [0.15, 0.2) is 94.7 Å². The number of piperazine rings is 1. The molecule has 1 saturated heterocycles. The van der Waals surface area contributed by atoms with E-state index < -0.39 is 11.7 Å². The van der Waals surface area contributed by atoms with Gasteiger partial charge in [-0.15, -0.1) is 0 Å². The molecule has 0 saturated carbocycles. The zero-order valence-electron chi connectivity index (χ0n) is 28.5. The number of hydrogen-bond donors (Lipinski definition) is 0. The average molecular weight is 707 g/mol. The summed E-state index contributed by atoms with van der Waals surface area (Å²) in [7, 11) is 4.15. The molecule has 0 N–H and O–H groups in total. The Hall–Kier alpha value is -3.15. The fourth-order valence-electron chi connectivity index (χ4n) is 7.07. The van der Waals surface area contributed by atoms with Crippen LogP contribution in [-0.4, -0.2) is 92.8 Å². The highest BCUT2D eigenvalue weighted by molar-refractivity contribution is 7.99. The third-order valence-electron chi connectivity index (χ3n) is 9.48. The second-order valence-corrected chi connectivity index (χ2v) is 15.2. The number of fused-ring (bicyclic) bond motifs is 3.